The smallest absolute Gasteiger partial charge is 0.272 e. The Hall–Kier alpha value is -1.13. The maximum Gasteiger partial charge on any atom is 0.272 e. The number of halogens is 1. The minimum atomic E-state index is -0.352. The first-order valence-corrected chi connectivity index (χ1v) is 6.43. The Bertz CT molecular complexity index is 421. The van der Waals surface area contributed by atoms with Gasteiger partial charge in [-0.05, 0) is 37.9 Å². The zero-order chi connectivity index (χ0) is 13.7. The molecule has 0 bridgehead atoms. The number of benzene rings is 1. The van der Waals surface area contributed by atoms with Crippen LogP contribution >= 0.6 is 11.6 Å². The molecule has 0 aromatic heterocycles. The van der Waals surface area contributed by atoms with Gasteiger partial charge in [-0.1, -0.05) is 25.4 Å². The predicted molar refractivity (Wildman–Crippen MR) is 74.1 cm³/mol. The molecule has 1 rings (SSSR count). The van der Waals surface area contributed by atoms with Gasteiger partial charge in [0.05, 0.1) is 4.92 Å². The van der Waals surface area contributed by atoms with Crippen molar-refractivity contribution in [3.05, 3.63) is 38.9 Å². The van der Waals surface area contributed by atoms with Crippen LogP contribution in [0.15, 0.2) is 18.2 Å². The van der Waals surface area contributed by atoms with Gasteiger partial charge in [0.1, 0.15) is 0 Å². The number of aryl methyl sites for hydroxylation is 1. The monoisotopic (exact) mass is 270 g/mol. The van der Waals surface area contributed by atoms with E-state index in [9.17, 15) is 10.1 Å². The summed E-state index contributed by atoms with van der Waals surface area (Å²) in [6, 6.07) is 5.07. The molecule has 0 saturated carbocycles. The first-order chi connectivity index (χ1) is 8.45. The van der Waals surface area contributed by atoms with Crippen LogP contribution in [0.1, 0.15) is 25.8 Å². The molecule has 0 aliphatic heterocycles. The van der Waals surface area contributed by atoms with Gasteiger partial charge in [-0.25, -0.2) is 0 Å². The molecule has 1 aromatic rings. The zero-order valence-corrected chi connectivity index (χ0v) is 11.7. The van der Waals surface area contributed by atoms with Crippen molar-refractivity contribution in [2.24, 2.45) is 5.92 Å². The zero-order valence-electron chi connectivity index (χ0n) is 10.9. The molecule has 0 fully saturated rings. The van der Waals surface area contributed by atoms with Crippen LogP contribution in [-0.2, 0) is 6.42 Å². The Morgan fingerprint density at radius 3 is 2.61 bits per heavy atom. The van der Waals surface area contributed by atoms with Crippen molar-refractivity contribution < 1.29 is 4.92 Å². The van der Waals surface area contributed by atoms with Crippen molar-refractivity contribution in [1.29, 1.82) is 0 Å². The van der Waals surface area contributed by atoms with Gasteiger partial charge < -0.3 is 5.32 Å². The Morgan fingerprint density at radius 2 is 2.11 bits per heavy atom. The summed E-state index contributed by atoms with van der Waals surface area (Å²) < 4.78 is 0. The predicted octanol–water partition coefficient (Wildman–Crippen LogP) is 3.42. The lowest BCUT2D eigenvalue weighted by molar-refractivity contribution is -0.385. The molecule has 0 radical (unpaired) electrons. The Labute approximate surface area is 112 Å². The van der Waals surface area contributed by atoms with Crippen LogP contribution in [0, 0.1) is 16.0 Å². The van der Waals surface area contributed by atoms with Crippen LogP contribution in [0.4, 0.5) is 5.69 Å². The third-order valence-electron chi connectivity index (χ3n) is 3.14. The number of nitro benzene ring substituents is 1. The molecular weight excluding hydrogens is 252 g/mol. The van der Waals surface area contributed by atoms with Crippen molar-refractivity contribution in [2.45, 2.75) is 32.7 Å². The molecule has 100 valence electrons. The van der Waals surface area contributed by atoms with Crippen molar-refractivity contribution in [3.63, 3.8) is 0 Å². The fourth-order valence-electron chi connectivity index (χ4n) is 2.05. The summed E-state index contributed by atoms with van der Waals surface area (Å²) in [5.41, 5.74) is 0.853. The van der Waals surface area contributed by atoms with E-state index in [1.807, 2.05) is 7.05 Å². The summed E-state index contributed by atoms with van der Waals surface area (Å²) in [5, 5.41) is 14.7. The van der Waals surface area contributed by atoms with Crippen LogP contribution < -0.4 is 5.32 Å². The topological polar surface area (TPSA) is 55.2 Å². The molecule has 0 amide bonds. The van der Waals surface area contributed by atoms with E-state index in [1.54, 1.807) is 12.1 Å². The molecular formula is C13H19ClN2O2. The average Bonchev–Trinajstić information content (AvgIpc) is 2.29. The van der Waals surface area contributed by atoms with E-state index in [4.69, 9.17) is 11.6 Å². The molecule has 1 aromatic carbocycles. The van der Waals surface area contributed by atoms with Crippen LogP contribution in [0.2, 0.25) is 5.02 Å². The van der Waals surface area contributed by atoms with Gasteiger partial charge in [0.2, 0.25) is 0 Å². The van der Waals surface area contributed by atoms with Crippen molar-refractivity contribution in [3.8, 4) is 0 Å². The fraction of sp³-hybridized carbons (Fsp3) is 0.538. The summed E-state index contributed by atoms with van der Waals surface area (Å²) in [6.07, 6.45) is 1.51. The number of nitrogens with one attached hydrogen (secondary N) is 1. The van der Waals surface area contributed by atoms with Gasteiger partial charge in [-0.3, -0.25) is 10.1 Å². The second kappa shape index (κ2) is 6.71. The highest BCUT2D eigenvalue weighted by Gasteiger charge is 2.17. The second-order valence-electron chi connectivity index (χ2n) is 4.71. The maximum atomic E-state index is 10.9. The average molecular weight is 271 g/mol. The maximum absolute atomic E-state index is 10.9. The summed E-state index contributed by atoms with van der Waals surface area (Å²) in [5.74, 6) is 0.494. The minimum Gasteiger partial charge on any atom is -0.317 e. The summed E-state index contributed by atoms with van der Waals surface area (Å²) in [7, 11) is 1.91. The molecule has 0 aliphatic rings. The van der Waals surface area contributed by atoms with Crippen LogP contribution in [0.5, 0.6) is 0 Å². The van der Waals surface area contributed by atoms with Crippen molar-refractivity contribution >= 4 is 17.3 Å². The standard InChI is InChI=1S/C13H19ClN2O2/c1-9(2)12(15-3)6-4-10-8-11(14)5-7-13(10)16(17)18/h5,7-9,12,15H,4,6H2,1-3H3. The minimum absolute atomic E-state index is 0.151. The number of nitro groups is 1. The van der Waals surface area contributed by atoms with Gasteiger partial charge in [0.15, 0.2) is 0 Å². The first-order valence-electron chi connectivity index (χ1n) is 6.05. The molecule has 5 heteroatoms. The molecule has 0 saturated heterocycles. The Balaban J connectivity index is 2.83. The van der Waals surface area contributed by atoms with Crippen molar-refractivity contribution in [2.75, 3.05) is 7.05 Å². The summed E-state index contributed by atoms with van der Waals surface area (Å²) in [6.45, 7) is 4.26. The molecule has 1 atom stereocenters. The first kappa shape index (κ1) is 14.9. The van der Waals surface area contributed by atoms with Crippen molar-refractivity contribution in [1.82, 2.24) is 5.32 Å². The number of rotatable bonds is 6. The van der Waals surface area contributed by atoms with E-state index >= 15 is 0 Å². The lowest BCUT2D eigenvalue weighted by atomic mass is 9.96. The van der Waals surface area contributed by atoms with E-state index < -0.39 is 0 Å². The second-order valence-corrected chi connectivity index (χ2v) is 5.14. The summed E-state index contributed by atoms with van der Waals surface area (Å²) in [4.78, 5) is 10.6. The van der Waals surface area contributed by atoms with Gasteiger partial charge >= 0.3 is 0 Å². The van der Waals surface area contributed by atoms with E-state index in [-0.39, 0.29) is 10.6 Å². The number of nitrogens with zero attached hydrogens (tertiary/aromatic N) is 1. The van der Waals surface area contributed by atoms with Crippen LogP contribution in [0.3, 0.4) is 0 Å². The highest BCUT2D eigenvalue weighted by atomic mass is 35.5. The molecule has 18 heavy (non-hydrogen) atoms. The number of hydrogen-bond acceptors (Lipinski definition) is 3. The van der Waals surface area contributed by atoms with E-state index in [0.29, 0.717) is 29.0 Å². The third-order valence-corrected chi connectivity index (χ3v) is 3.37. The Morgan fingerprint density at radius 1 is 1.44 bits per heavy atom. The molecule has 0 aliphatic carbocycles. The van der Waals surface area contributed by atoms with Gasteiger partial charge in [0, 0.05) is 22.7 Å². The quantitative estimate of drug-likeness (QED) is 0.636. The van der Waals surface area contributed by atoms with Crippen LogP contribution in [-0.4, -0.2) is 18.0 Å². The molecule has 0 spiro atoms. The largest absolute Gasteiger partial charge is 0.317 e. The van der Waals surface area contributed by atoms with E-state index in [1.165, 1.54) is 6.07 Å². The number of hydrogen-bond donors (Lipinski definition) is 1. The Kier molecular flexibility index (Phi) is 5.56. The van der Waals surface area contributed by atoms with E-state index in [0.717, 1.165) is 6.42 Å². The van der Waals surface area contributed by atoms with Crippen LogP contribution in [0.25, 0.3) is 0 Å². The van der Waals surface area contributed by atoms with E-state index in [2.05, 4.69) is 19.2 Å². The normalized spacial score (nSPS) is 12.7. The third kappa shape index (κ3) is 3.96. The molecule has 4 nitrogen and oxygen atoms in total. The highest BCUT2D eigenvalue weighted by Crippen LogP contribution is 2.24. The van der Waals surface area contributed by atoms with Gasteiger partial charge in [-0.15, -0.1) is 0 Å². The lowest BCUT2D eigenvalue weighted by Gasteiger charge is -2.19. The molecule has 0 heterocycles. The molecule has 1 N–H and O–H groups in total. The SMILES string of the molecule is CNC(CCc1cc(Cl)ccc1[N+](=O)[O-])C(C)C. The summed E-state index contributed by atoms with van der Waals surface area (Å²) >= 11 is 5.90. The lowest BCUT2D eigenvalue weighted by Crippen LogP contribution is -2.31. The highest BCUT2D eigenvalue weighted by molar-refractivity contribution is 6.30. The fourth-order valence-corrected chi connectivity index (χ4v) is 2.25. The molecule has 1 unspecified atom stereocenters. The van der Waals surface area contributed by atoms with Gasteiger partial charge in [-0.2, -0.15) is 0 Å². The van der Waals surface area contributed by atoms with Gasteiger partial charge in [0.25, 0.3) is 5.69 Å².